The molecule has 4 rings (SSSR count). The van der Waals surface area contributed by atoms with Crippen LogP contribution in [0, 0.1) is 6.92 Å². The standard InChI is InChI=1S/C22H18ClN3O3/c1-3-16-12(2)20(14-6-4-5-7-17(14)24-16)22(28)29-11-19-25-18-10-13(23)8-9-15(18)21(27)26-19/h4-10H,3,11H2,1-2H3,(H,25,26,27). The summed E-state index contributed by atoms with van der Waals surface area (Å²) in [6, 6.07) is 12.3. The second-order valence-electron chi connectivity index (χ2n) is 6.68. The van der Waals surface area contributed by atoms with Crippen molar-refractivity contribution in [1.82, 2.24) is 15.0 Å². The summed E-state index contributed by atoms with van der Waals surface area (Å²) in [5.74, 6) is -0.227. The summed E-state index contributed by atoms with van der Waals surface area (Å²) >= 11 is 5.99. The van der Waals surface area contributed by atoms with E-state index in [4.69, 9.17) is 16.3 Å². The van der Waals surface area contributed by atoms with Gasteiger partial charge in [0.25, 0.3) is 5.56 Å². The van der Waals surface area contributed by atoms with Gasteiger partial charge in [-0.15, -0.1) is 0 Å². The normalized spacial score (nSPS) is 11.1. The van der Waals surface area contributed by atoms with Crippen LogP contribution in [0.3, 0.4) is 0 Å². The Kier molecular flexibility index (Phi) is 5.03. The maximum Gasteiger partial charge on any atom is 0.339 e. The molecule has 146 valence electrons. The van der Waals surface area contributed by atoms with Crippen molar-refractivity contribution in [3.63, 3.8) is 0 Å². The quantitative estimate of drug-likeness (QED) is 0.508. The van der Waals surface area contributed by atoms with Gasteiger partial charge in [0.15, 0.2) is 0 Å². The van der Waals surface area contributed by atoms with Crippen molar-refractivity contribution < 1.29 is 9.53 Å². The minimum absolute atomic E-state index is 0.159. The Hall–Kier alpha value is -3.25. The van der Waals surface area contributed by atoms with E-state index in [0.717, 1.165) is 22.2 Å². The molecule has 2 heterocycles. The molecule has 0 unspecified atom stereocenters. The third-order valence-electron chi connectivity index (χ3n) is 4.83. The Morgan fingerprint density at radius 1 is 1.10 bits per heavy atom. The average Bonchev–Trinajstić information content (AvgIpc) is 2.71. The predicted octanol–water partition coefficient (Wildman–Crippen LogP) is 4.35. The van der Waals surface area contributed by atoms with Gasteiger partial charge in [-0.1, -0.05) is 36.7 Å². The number of esters is 1. The lowest BCUT2D eigenvalue weighted by Crippen LogP contribution is -2.15. The summed E-state index contributed by atoms with van der Waals surface area (Å²) in [6.07, 6.45) is 0.706. The number of H-pyrrole nitrogens is 1. The molecule has 0 aliphatic carbocycles. The molecule has 0 saturated heterocycles. The second kappa shape index (κ2) is 7.64. The van der Waals surface area contributed by atoms with E-state index in [2.05, 4.69) is 15.0 Å². The highest BCUT2D eigenvalue weighted by Crippen LogP contribution is 2.24. The van der Waals surface area contributed by atoms with Gasteiger partial charge < -0.3 is 9.72 Å². The molecule has 0 atom stereocenters. The summed E-state index contributed by atoms with van der Waals surface area (Å²) < 4.78 is 5.50. The van der Waals surface area contributed by atoms with Crippen LogP contribution in [0.25, 0.3) is 21.8 Å². The average molecular weight is 408 g/mol. The third-order valence-corrected chi connectivity index (χ3v) is 5.07. The van der Waals surface area contributed by atoms with Crippen molar-refractivity contribution in [3.8, 4) is 0 Å². The van der Waals surface area contributed by atoms with Crippen LogP contribution < -0.4 is 5.56 Å². The van der Waals surface area contributed by atoms with Gasteiger partial charge in [-0.05, 0) is 43.2 Å². The maximum atomic E-state index is 12.9. The van der Waals surface area contributed by atoms with E-state index >= 15 is 0 Å². The molecule has 0 amide bonds. The van der Waals surface area contributed by atoms with Gasteiger partial charge in [0, 0.05) is 16.1 Å². The Balaban J connectivity index is 1.68. The first-order chi connectivity index (χ1) is 14.0. The zero-order chi connectivity index (χ0) is 20.5. The van der Waals surface area contributed by atoms with Crippen molar-refractivity contribution in [2.24, 2.45) is 0 Å². The van der Waals surface area contributed by atoms with Crippen molar-refractivity contribution in [1.29, 1.82) is 0 Å². The van der Waals surface area contributed by atoms with Crippen LogP contribution in [0.15, 0.2) is 47.3 Å². The fraction of sp³-hybridized carbons (Fsp3) is 0.182. The smallest absolute Gasteiger partial charge is 0.339 e. The van der Waals surface area contributed by atoms with E-state index in [9.17, 15) is 9.59 Å². The first-order valence-electron chi connectivity index (χ1n) is 9.21. The number of halogens is 1. The van der Waals surface area contributed by atoms with Gasteiger partial charge in [-0.25, -0.2) is 9.78 Å². The molecule has 29 heavy (non-hydrogen) atoms. The van der Waals surface area contributed by atoms with Crippen LogP contribution in [-0.2, 0) is 17.8 Å². The fourth-order valence-electron chi connectivity index (χ4n) is 3.40. The van der Waals surface area contributed by atoms with E-state index in [1.165, 1.54) is 0 Å². The lowest BCUT2D eigenvalue weighted by Gasteiger charge is -2.13. The second-order valence-corrected chi connectivity index (χ2v) is 7.12. The number of hydrogen-bond acceptors (Lipinski definition) is 5. The number of aryl methyl sites for hydroxylation is 1. The van der Waals surface area contributed by atoms with Crippen molar-refractivity contribution in [3.05, 3.63) is 80.5 Å². The molecule has 0 aliphatic rings. The summed E-state index contributed by atoms with van der Waals surface area (Å²) in [5, 5.41) is 1.64. The molecule has 0 radical (unpaired) electrons. The van der Waals surface area contributed by atoms with Gasteiger partial charge in [0.05, 0.1) is 22.0 Å². The number of hydrogen-bond donors (Lipinski definition) is 1. The van der Waals surface area contributed by atoms with Gasteiger partial charge in [-0.2, -0.15) is 0 Å². The van der Waals surface area contributed by atoms with Crippen LogP contribution in [-0.4, -0.2) is 20.9 Å². The summed E-state index contributed by atoms with van der Waals surface area (Å²) in [7, 11) is 0. The molecular formula is C22H18ClN3O3. The molecule has 0 spiro atoms. The molecule has 0 fully saturated rings. The Morgan fingerprint density at radius 3 is 2.69 bits per heavy atom. The zero-order valence-corrected chi connectivity index (χ0v) is 16.7. The Labute approximate surface area is 171 Å². The first kappa shape index (κ1) is 19.1. The van der Waals surface area contributed by atoms with Gasteiger partial charge in [0.1, 0.15) is 12.4 Å². The third kappa shape index (κ3) is 3.59. The molecule has 4 aromatic rings. The minimum atomic E-state index is -0.482. The van der Waals surface area contributed by atoms with Gasteiger partial charge in [0.2, 0.25) is 0 Å². The number of aromatic nitrogens is 3. The molecular weight excluding hydrogens is 390 g/mol. The van der Waals surface area contributed by atoms with E-state index in [0.29, 0.717) is 27.9 Å². The molecule has 7 heteroatoms. The highest BCUT2D eigenvalue weighted by molar-refractivity contribution is 6.31. The Morgan fingerprint density at radius 2 is 1.90 bits per heavy atom. The number of nitrogens with zero attached hydrogens (tertiary/aromatic N) is 2. The topological polar surface area (TPSA) is 84.9 Å². The lowest BCUT2D eigenvalue weighted by atomic mass is 10.0. The SMILES string of the molecule is CCc1nc2ccccc2c(C(=O)OCc2nc3cc(Cl)ccc3c(=O)[nH]2)c1C. The molecule has 0 bridgehead atoms. The maximum absolute atomic E-state index is 12.9. The minimum Gasteiger partial charge on any atom is -0.454 e. The number of para-hydroxylation sites is 1. The predicted molar refractivity (Wildman–Crippen MR) is 112 cm³/mol. The number of benzene rings is 2. The van der Waals surface area contributed by atoms with Crippen LogP contribution in [0.2, 0.25) is 5.02 Å². The van der Waals surface area contributed by atoms with Crippen molar-refractivity contribution in [2.75, 3.05) is 0 Å². The summed E-state index contributed by atoms with van der Waals surface area (Å²) in [5.41, 5.74) is 3.01. The number of pyridine rings is 1. The van der Waals surface area contributed by atoms with E-state index < -0.39 is 5.97 Å². The Bertz CT molecular complexity index is 1310. The monoisotopic (exact) mass is 407 g/mol. The molecule has 0 saturated carbocycles. The number of fused-ring (bicyclic) bond motifs is 2. The molecule has 2 aromatic carbocycles. The molecule has 2 aromatic heterocycles. The van der Waals surface area contributed by atoms with E-state index in [-0.39, 0.29) is 18.0 Å². The number of ether oxygens (including phenoxy) is 1. The largest absolute Gasteiger partial charge is 0.454 e. The van der Waals surface area contributed by atoms with Crippen molar-refractivity contribution >= 4 is 39.4 Å². The molecule has 1 N–H and O–H groups in total. The number of carbonyl (C=O) groups is 1. The van der Waals surface area contributed by atoms with Gasteiger partial charge >= 0.3 is 5.97 Å². The zero-order valence-electron chi connectivity index (χ0n) is 16.0. The lowest BCUT2D eigenvalue weighted by molar-refractivity contribution is 0.0463. The van der Waals surface area contributed by atoms with Crippen LogP contribution in [0.5, 0.6) is 0 Å². The number of aromatic amines is 1. The van der Waals surface area contributed by atoms with Gasteiger partial charge in [-0.3, -0.25) is 9.78 Å². The molecule has 6 nitrogen and oxygen atoms in total. The summed E-state index contributed by atoms with van der Waals surface area (Å²) in [6.45, 7) is 3.70. The number of nitrogens with one attached hydrogen (secondary N) is 1. The highest BCUT2D eigenvalue weighted by Gasteiger charge is 2.19. The summed E-state index contributed by atoms with van der Waals surface area (Å²) in [4.78, 5) is 36.8. The van der Waals surface area contributed by atoms with Crippen LogP contribution in [0.1, 0.15) is 34.4 Å². The number of rotatable bonds is 4. The van der Waals surface area contributed by atoms with Crippen LogP contribution >= 0.6 is 11.6 Å². The van der Waals surface area contributed by atoms with E-state index in [1.807, 2.05) is 38.1 Å². The highest BCUT2D eigenvalue weighted by atomic mass is 35.5. The van der Waals surface area contributed by atoms with Crippen molar-refractivity contribution in [2.45, 2.75) is 26.9 Å². The molecule has 0 aliphatic heterocycles. The number of carbonyl (C=O) groups excluding carboxylic acids is 1. The first-order valence-corrected chi connectivity index (χ1v) is 9.59. The van der Waals surface area contributed by atoms with Crippen LogP contribution in [0.4, 0.5) is 0 Å². The van der Waals surface area contributed by atoms with E-state index in [1.54, 1.807) is 18.2 Å². The fourth-order valence-corrected chi connectivity index (χ4v) is 3.57.